The molecule has 0 unspecified atom stereocenters. The van der Waals surface area contributed by atoms with Crippen molar-refractivity contribution in [2.75, 3.05) is 38.0 Å². The first-order valence-corrected chi connectivity index (χ1v) is 12.4. The molecule has 0 saturated carbocycles. The van der Waals surface area contributed by atoms with Gasteiger partial charge in [0.15, 0.2) is 5.78 Å². The second kappa shape index (κ2) is 8.46. The maximum absolute atomic E-state index is 13.1. The van der Waals surface area contributed by atoms with Gasteiger partial charge in [-0.1, -0.05) is 0 Å². The highest BCUT2D eigenvalue weighted by atomic mass is 32.2. The van der Waals surface area contributed by atoms with Crippen molar-refractivity contribution < 1.29 is 18.0 Å². The molecule has 3 heterocycles. The number of benzene rings is 1. The highest BCUT2D eigenvalue weighted by Gasteiger charge is 2.31. The molecule has 1 aromatic carbocycles. The summed E-state index contributed by atoms with van der Waals surface area (Å²) in [6.45, 7) is 10.1. The zero-order chi connectivity index (χ0) is 23.2. The number of fused-ring (bicyclic) bond motifs is 1. The highest BCUT2D eigenvalue weighted by Crippen LogP contribution is 2.28. The molecule has 0 radical (unpaired) electrons. The van der Waals surface area contributed by atoms with Gasteiger partial charge in [-0.15, -0.1) is 0 Å². The molecule has 1 amide bonds. The van der Waals surface area contributed by atoms with E-state index in [1.165, 1.54) is 4.31 Å². The van der Waals surface area contributed by atoms with Gasteiger partial charge in [0.2, 0.25) is 15.9 Å². The largest absolute Gasteiger partial charge is 0.346 e. The third-order valence-electron chi connectivity index (χ3n) is 6.34. The monoisotopic (exact) mass is 458 g/mol. The first kappa shape index (κ1) is 22.7. The molecule has 32 heavy (non-hydrogen) atoms. The van der Waals surface area contributed by atoms with Crippen molar-refractivity contribution in [3.63, 3.8) is 0 Å². The zero-order valence-electron chi connectivity index (χ0n) is 19.0. The minimum Gasteiger partial charge on any atom is -0.346 e. The number of hydrogen-bond donors (Lipinski definition) is 1. The molecule has 0 spiro atoms. The number of aryl methyl sites for hydroxylation is 1. The molecule has 0 atom stereocenters. The first-order chi connectivity index (χ1) is 15.1. The summed E-state index contributed by atoms with van der Waals surface area (Å²) in [7, 11) is -3.64. The average Bonchev–Trinajstić information content (AvgIpc) is 3.25. The second-order valence-corrected chi connectivity index (χ2v) is 10.8. The van der Waals surface area contributed by atoms with E-state index in [9.17, 15) is 18.0 Å². The lowest BCUT2D eigenvalue weighted by molar-refractivity contribution is -0.115. The Balaban J connectivity index is 1.40. The van der Waals surface area contributed by atoms with Crippen molar-refractivity contribution >= 4 is 27.4 Å². The van der Waals surface area contributed by atoms with Gasteiger partial charge in [-0.3, -0.25) is 14.5 Å². The van der Waals surface area contributed by atoms with Crippen LogP contribution in [0.15, 0.2) is 29.2 Å². The molecule has 2 aliphatic rings. The molecule has 1 N–H and O–H groups in total. The predicted octanol–water partition coefficient (Wildman–Crippen LogP) is 2.37. The fraction of sp³-hybridized carbons (Fsp3) is 0.478. The van der Waals surface area contributed by atoms with Crippen LogP contribution in [-0.2, 0) is 21.2 Å². The third kappa shape index (κ3) is 4.12. The first-order valence-electron chi connectivity index (χ1n) is 10.9. The van der Waals surface area contributed by atoms with Crippen molar-refractivity contribution in [3.8, 4) is 0 Å². The molecule has 0 bridgehead atoms. The van der Waals surface area contributed by atoms with E-state index in [0.29, 0.717) is 43.5 Å². The summed E-state index contributed by atoms with van der Waals surface area (Å²) < 4.78 is 29.8. The van der Waals surface area contributed by atoms with Crippen LogP contribution in [0.3, 0.4) is 0 Å². The Kier molecular flexibility index (Phi) is 6.00. The number of carbonyl (C=O) groups excluding carboxylic acids is 2. The van der Waals surface area contributed by atoms with Crippen LogP contribution >= 0.6 is 0 Å². The Morgan fingerprint density at radius 3 is 2.41 bits per heavy atom. The van der Waals surface area contributed by atoms with E-state index in [0.717, 1.165) is 17.0 Å². The van der Waals surface area contributed by atoms with E-state index in [-0.39, 0.29) is 29.6 Å². The van der Waals surface area contributed by atoms with Gasteiger partial charge in [-0.2, -0.15) is 4.31 Å². The number of anilines is 1. The van der Waals surface area contributed by atoms with Gasteiger partial charge in [-0.25, -0.2) is 8.42 Å². The van der Waals surface area contributed by atoms with Gasteiger partial charge < -0.3 is 9.88 Å². The number of nitrogens with zero attached hydrogens (tertiary/aromatic N) is 3. The van der Waals surface area contributed by atoms with Gasteiger partial charge in [0.05, 0.1) is 17.9 Å². The Morgan fingerprint density at radius 1 is 1.09 bits per heavy atom. The van der Waals surface area contributed by atoms with E-state index in [2.05, 4.69) is 23.7 Å². The van der Waals surface area contributed by atoms with Crippen molar-refractivity contribution in [1.82, 2.24) is 13.8 Å². The predicted molar refractivity (Wildman–Crippen MR) is 123 cm³/mol. The number of nitrogens with one attached hydrogen (secondary N) is 1. The fourth-order valence-electron chi connectivity index (χ4n) is 4.79. The number of Topliss-reactive ketones (excluding diaryl/α,β-unsaturated/α-hetero) is 1. The molecule has 2 aliphatic heterocycles. The molecule has 2 aromatic rings. The van der Waals surface area contributed by atoms with Crippen LogP contribution in [0, 0.1) is 13.8 Å². The van der Waals surface area contributed by atoms with Gasteiger partial charge in [0.1, 0.15) is 0 Å². The normalized spacial score (nSPS) is 17.6. The number of piperazine rings is 1. The molecular weight excluding hydrogens is 428 g/mol. The number of ketones is 1. The number of carbonyl (C=O) groups is 2. The molecule has 8 nitrogen and oxygen atoms in total. The molecule has 4 rings (SSSR count). The Morgan fingerprint density at radius 2 is 1.78 bits per heavy atom. The summed E-state index contributed by atoms with van der Waals surface area (Å²) in [5, 5.41) is 2.72. The van der Waals surface area contributed by atoms with Gasteiger partial charge in [0, 0.05) is 54.9 Å². The minimum atomic E-state index is -3.64. The summed E-state index contributed by atoms with van der Waals surface area (Å²) in [6, 6.07) is 7.02. The van der Waals surface area contributed by atoms with Crippen molar-refractivity contribution in [2.45, 2.75) is 45.1 Å². The highest BCUT2D eigenvalue weighted by molar-refractivity contribution is 7.89. The number of rotatable bonds is 6. The Bertz CT molecular complexity index is 1170. The van der Waals surface area contributed by atoms with E-state index in [4.69, 9.17) is 0 Å². The molecule has 9 heteroatoms. The molecular formula is C23H30N4O4S. The minimum absolute atomic E-state index is 0.0668. The van der Waals surface area contributed by atoms with E-state index < -0.39 is 10.0 Å². The quantitative estimate of drug-likeness (QED) is 0.671. The fourth-order valence-corrected chi connectivity index (χ4v) is 6.26. The van der Waals surface area contributed by atoms with Crippen molar-refractivity contribution in [3.05, 3.63) is 46.8 Å². The molecule has 0 aliphatic carbocycles. The number of amides is 1. The maximum atomic E-state index is 13.1. The molecule has 172 valence electrons. The number of aromatic nitrogens is 1. The Labute approximate surface area is 189 Å². The van der Waals surface area contributed by atoms with E-state index in [1.54, 1.807) is 18.2 Å². The lowest BCUT2D eigenvalue weighted by Gasteiger charge is -2.33. The third-order valence-corrected chi connectivity index (χ3v) is 8.23. The summed E-state index contributed by atoms with van der Waals surface area (Å²) >= 11 is 0. The van der Waals surface area contributed by atoms with Crippen LogP contribution < -0.4 is 5.32 Å². The second-order valence-electron chi connectivity index (χ2n) is 8.90. The number of sulfonamides is 1. The molecule has 1 aromatic heterocycles. The van der Waals surface area contributed by atoms with Crippen molar-refractivity contribution in [2.24, 2.45) is 0 Å². The summed E-state index contributed by atoms with van der Waals surface area (Å²) in [6.07, 6.45) is 0.200. The van der Waals surface area contributed by atoms with Crippen LogP contribution in [0.25, 0.3) is 0 Å². The van der Waals surface area contributed by atoms with Crippen molar-refractivity contribution in [1.29, 1.82) is 0 Å². The van der Waals surface area contributed by atoms with E-state index >= 15 is 0 Å². The zero-order valence-corrected chi connectivity index (χ0v) is 19.8. The van der Waals surface area contributed by atoms with Gasteiger partial charge >= 0.3 is 0 Å². The van der Waals surface area contributed by atoms with Gasteiger partial charge in [-0.05, 0) is 57.5 Å². The maximum Gasteiger partial charge on any atom is 0.243 e. The van der Waals surface area contributed by atoms with Gasteiger partial charge in [0.25, 0.3) is 0 Å². The smallest absolute Gasteiger partial charge is 0.243 e. The summed E-state index contributed by atoms with van der Waals surface area (Å²) in [4.78, 5) is 26.7. The van der Waals surface area contributed by atoms with Crippen LogP contribution in [-0.4, -0.2) is 66.6 Å². The molecule has 1 fully saturated rings. The Hall–Kier alpha value is -2.49. The summed E-state index contributed by atoms with van der Waals surface area (Å²) in [5.74, 6) is -0.0564. The standard InChI is InChI=1S/C23H30N4O4S/c1-15(2)27-16(3)11-20(17(27)4)22(28)14-25-7-9-26(10-8-25)32(30,31)19-5-6-21-18(12-19)13-23(29)24-21/h5-6,11-12,15H,7-10,13-14H2,1-4H3,(H,24,29). The van der Waals surface area contributed by atoms with E-state index in [1.807, 2.05) is 24.8 Å². The molecule has 1 saturated heterocycles. The lowest BCUT2D eigenvalue weighted by atomic mass is 10.1. The number of hydrogen-bond acceptors (Lipinski definition) is 5. The SMILES string of the molecule is Cc1cc(C(=O)CN2CCN(S(=O)(=O)c3ccc4c(c3)CC(=O)N4)CC2)c(C)n1C(C)C. The van der Waals surface area contributed by atoms with Crippen LogP contribution in [0.2, 0.25) is 0 Å². The van der Waals surface area contributed by atoms with Crippen LogP contribution in [0.5, 0.6) is 0 Å². The topological polar surface area (TPSA) is 91.7 Å². The van der Waals surface area contributed by atoms with Crippen LogP contribution in [0.1, 0.15) is 47.2 Å². The summed E-state index contributed by atoms with van der Waals surface area (Å²) in [5.41, 5.74) is 4.18. The average molecular weight is 459 g/mol. The van der Waals surface area contributed by atoms with Crippen LogP contribution in [0.4, 0.5) is 5.69 Å². The lowest BCUT2D eigenvalue weighted by Crippen LogP contribution is -2.49.